The molecule has 1 fully saturated rings. The highest BCUT2D eigenvalue weighted by molar-refractivity contribution is 6.00. The van der Waals surface area contributed by atoms with E-state index in [2.05, 4.69) is 5.32 Å². The van der Waals surface area contributed by atoms with Crippen LogP contribution in [-0.2, 0) is 9.53 Å². The largest absolute Gasteiger partial charge is 0.376 e. The molecule has 29 heavy (non-hydrogen) atoms. The van der Waals surface area contributed by atoms with Crippen LogP contribution in [0.15, 0.2) is 36.4 Å². The maximum atomic E-state index is 13.3. The fourth-order valence-corrected chi connectivity index (χ4v) is 3.73. The van der Waals surface area contributed by atoms with Gasteiger partial charge in [-0.25, -0.2) is 0 Å². The van der Waals surface area contributed by atoms with Crippen molar-refractivity contribution < 1.29 is 14.3 Å². The highest BCUT2D eigenvalue weighted by Gasteiger charge is 2.26. The second-order valence-corrected chi connectivity index (χ2v) is 7.93. The van der Waals surface area contributed by atoms with Crippen molar-refractivity contribution in [3.05, 3.63) is 64.2 Å². The highest BCUT2D eigenvalue weighted by Crippen LogP contribution is 2.20. The van der Waals surface area contributed by atoms with Gasteiger partial charge in [-0.3, -0.25) is 9.59 Å². The number of carbonyl (C=O) groups is 2. The summed E-state index contributed by atoms with van der Waals surface area (Å²) in [6.45, 7) is 9.06. The molecule has 5 heteroatoms. The van der Waals surface area contributed by atoms with Crippen molar-refractivity contribution in [1.82, 2.24) is 4.90 Å². The zero-order valence-corrected chi connectivity index (χ0v) is 17.7. The van der Waals surface area contributed by atoms with Gasteiger partial charge in [-0.05, 0) is 69.4 Å². The molecule has 2 aromatic carbocycles. The van der Waals surface area contributed by atoms with Crippen molar-refractivity contribution in [2.24, 2.45) is 0 Å². The quantitative estimate of drug-likeness (QED) is 0.800. The van der Waals surface area contributed by atoms with Crippen molar-refractivity contribution in [2.45, 2.75) is 46.6 Å². The lowest BCUT2D eigenvalue weighted by atomic mass is 10.0. The third-order valence-electron chi connectivity index (χ3n) is 5.56. The van der Waals surface area contributed by atoms with E-state index in [9.17, 15) is 9.59 Å². The van der Waals surface area contributed by atoms with E-state index in [1.165, 1.54) is 0 Å². The van der Waals surface area contributed by atoms with E-state index in [0.29, 0.717) is 18.7 Å². The highest BCUT2D eigenvalue weighted by atomic mass is 16.5. The van der Waals surface area contributed by atoms with Crippen molar-refractivity contribution in [3.63, 3.8) is 0 Å². The first kappa shape index (κ1) is 21.1. The molecule has 1 aliphatic heterocycles. The van der Waals surface area contributed by atoms with Gasteiger partial charge in [0.1, 0.15) is 6.54 Å². The normalized spacial score (nSPS) is 15.9. The molecule has 1 N–H and O–H groups in total. The number of nitrogens with zero attached hydrogens (tertiary/aromatic N) is 1. The summed E-state index contributed by atoms with van der Waals surface area (Å²) in [7, 11) is 0. The molecule has 154 valence electrons. The monoisotopic (exact) mass is 394 g/mol. The van der Waals surface area contributed by atoms with Crippen LogP contribution >= 0.6 is 0 Å². The molecule has 0 saturated carbocycles. The molecular formula is C24H30N2O3. The SMILES string of the molecule is Cc1ccc(C(=O)N(CC(=O)Nc2cccc(C)c2C)CC2CCCO2)c(C)c1. The minimum atomic E-state index is -0.199. The van der Waals surface area contributed by atoms with E-state index >= 15 is 0 Å². The van der Waals surface area contributed by atoms with Crippen LogP contribution in [0.3, 0.4) is 0 Å². The summed E-state index contributed by atoms with van der Waals surface area (Å²) in [4.78, 5) is 27.7. The zero-order chi connectivity index (χ0) is 21.0. The van der Waals surface area contributed by atoms with Crippen LogP contribution in [0.25, 0.3) is 0 Å². The summed E-state index contributed by atoms with van der Waals surface area (Å²) in [5.74, 6) is -0.330. The molecule has 1 aliphatic rings. The summed E-state index contributed by atoms with van der Waals surface area (Å²) in [5, 5.41) is 2.96. The van der Waals surface area contributed by atoms with Crippen LogP contribution in [0.2, 0.25) is 0 Å². The Bertz CT molecular complexity index is 901. The third kappa shape index (κ3) is 5.24. The average molecular weight is 395 g/mol. The molecule has 2 amide bonds. The van der Waals surface area contributed by atoms with Crippen molar-refractivity contribution in [2.75, 3.05) is 25.0 Å². The Hall–Kier alpha value is -2.66. The molecule has 1 saturated heterocycles. The van der Waals surface area contributed by atoms with Gasteiger partial charge in [0.15, 0.2) is 0 Å². The molecule has 1 unspecified atom stereocenters. The molecule has 0 aromatic heterocycles. The first-order valence-electron chi connectivity index (χ1n) is 10.2. The summed E-state index contributed by atoms with van der Waals surface area (Å²) in [6.07, 6.45) is 1.89. The maximum Gasteiger partial charge on any atom is 0.254 e. The zero-order valence-electron chi connectivity index (χ0n) is 17.7. The minimum Gasteiger partial charge on any atom is -0.376 e. The van der Waals surface area contributed by atoms with Gasteiger partial charge in [0.05, 0.1) is 6.10 Å². The van der Waals surface area contributed by atoms with Gasteiger partial charge in [0.2, 0.25) is 5.91 Å². The molecule has 1 heterocycles. The molecule has 0 spiro atoms. The Balaban J connectivity index is 1.78. The number of nitrogens with one attached hydrogen (secondary N) is 1. The topological polar surface area (TPSA) is 58.6 Å². The van der Waals surface area contributed by atoms with Gasteiger partial charge in [-0.2, -0.15) is 0 Å². The van der Waals surface area contributed by atoms with E-state index in [1.54, 1.807) is 4.90 Å². The van der Waals surface area contributed by atoms with Gasteiger partial charge < -0.3 is 15.0 Å². The Kier molecular flexibility index (Phi) is 6.70. The number of hydrogen-bond acceptors (Lipinski definition) is 3. The number of carbonyl (C=O) groups excluding carboxylic acids is 2. The third-order valence-corrected chi connectivity index (χ3v) is 5.56. The van der Waals surface area contributed by atoms with Crippen LogP contribution in [0.4, 0.5) is 5.69 Å². The van der Waals surface area contributed by atoms with Gasteiger partial charge >= 0.3 is 0 Å². The second kappa shape index (κ2) is 9.23. The van der Waals surface area contributed by atoms with Crippen molar-refractivity contribution in [3.8, 4) is 0 Å². The van der Waals surface area contributed by atoms with Gasteiger partial charge in [-0.15, -0.1) is 0 Å². The molecule has 2 aromatic rings. The first-order valence-corrected chi connectivity index (χ1v) is 10.2. The molecular weight excluding hydrogens is 364 g/mol. The van der Waals surface area contributed by atoms with E-state index in [1.807, 2.05) is 64.1 Å². The smallest absolute Gasteiger partial charge is 0.254 e. The standard InChI is InChI=1S/C24H30N2O3/c1-16-10-11-21(18(3)13-16)24(28)26(14-20-8-6-12-29-20)15-23(27)25-22-9-5-7-17(2)19(22)4/h5,7,9-11,13,20H,6,8,12,14-15H2,1-4H3,(H,25,27). The maximum absolute atomic E-state index is 13.3. The van der Waals surface area contributed by atoms with E-state index in [4.69, 9.17) is 4.74 Å². The van der Waals surface area contributed by atoms with Gasteiger partial charge in [0, 0.05) is 24.4 Å². The number of benzene rings is 2. The average Bonchev–Trinajstić information content (AvgIpc) is 3.17. The predicted octanol–water partition coefficient (Wildman–Crippen LogP) is 4.18. The minimum absolute atomic E-state index is 0.000604. The molecule has 3 rings (SSSR count). The molecule has 0 bridgehead atoms. The Morgan fingerprint density at radius 3 is 2.59 bits per heavy atom. The van der Waals surface area contributed by atoms with Gasteiger partial charge in [0.25, 0.3) is 5.91 Å². The van der Waals surface area contributed by atoms with E-state index in [-0.39, 0.29) is 24.5 Å². The van der Waals surface area contributed by atoms with E-state index < -0.39 is 0 Å². The molecule has 5 nitrogen and oxygen atoms in total. The number of ether oxygens (including phenoxy) is 1. The van der Waals surface area contributed by atoms with Crippen molar-refractivity contribution >= 4 is 17.5 Å². The summed E-state index contributed by atoms with van der Waals surface area (Å²) < 4.78 is 5.73. The molecule has 0 aliphatic carbocycles. The fourth-order valence-electron chi connectivity index (χ4n) is 3.73. The van der Waals surface area contributed by atoms with Crippen LogP contribution in [-0.4, -0.2) is 42.5 Å². The lowest BCUT2D eigenvalue weighted by Gasteiger charge is -2.26. The number of rotatable bonds is 6. The van der Waals surface area contributed by atoms with Crippen LogP contribution in [0, 0.1) is 27.7 Å². The number of anilines is 1. The van der Waals surface area contributed by atoms with Crippen LogP contribution < -0.4 is 5.32 Å². The summed E-state index contributed by atoms with van der Waals surface area (Å²) >= 11 is 0. The summed E-state index contributed by atoms with van der Waals surface area (Å²) in [6, 6.07) is 11.6. The number of hydrogen-bond donors (Lipinski definition) is 1. The lowest BCUT2D eigenvalue weighted by Crippen LogP contribution is -2.42. The number of amides is 2. The summed E-state index contributed by atoms with van der Waals surface area (Å²) in [5.41, 5.74) is 5.59. The Morgan fingerprint density at radius 1 is 1.10 bits per heavy atom. The van der Waals surface area contributed by atoms with Crippen LogP contribution in [0.1, 0.15) is 45.5 Å². The lowest BCUT2D eigenvalue weighted by molar-refractivity contribution is -0.117. The first-order chi connectivity index (χ1) is 13.8. The molecule has 0 radical (unpaired) electrons. The number of aryl methyl sites for hydroxylation is 3. The predicted molar refractivity (Wildman–Crippen MR) is 115 cm³/mol. The van der Waals surface area contributed by atoms with Crippen molar-refractivity contribution in [1.29, 1.82) is 0 Å². The van der Waals surface area contributed by atoms with E-state index in [0.717, 1.165) is 40.8 Å². The second-order valence-electron chi connectivity index (χ2n) is 7.93. The Morgan fingerprint density at radius 2 is 1.90 bits per heavy atom. The van der Waals surface area contributed by atoms with Gasteiger partial charge in [-0.1, -0.05) is 29.8 Å². The van der Waals surface area contributed by atoms with Crippen LogP contribution in [0.5, 0.6) is 0 Å². The fraction of sp³-hybridized carbons (Fsp3) is 0.417. The molecule has 1 atom stereocenters. The Labute approximate surface area is 173 Å².